The fraction of sp³-hybridized carbons (Fsp3) is 0.444. The third-order valence-corrected chi connectivity index (χ3v) is 2.32. The minimum Gasteiger partial charge on any atom is -0.469 e. The van der Waals surface area contributed by atoms with Crippen LogP contribution in [0.25, 0.3) is 0 Å². The molecular formula is C9H10ClNO3. The second kappa shape index (κ2) is 4.13. The third-order valence-electron chi connectivity index (χ3n) is 1.97. The maximum atomic E-state index is 8.96. The van der Waals surface area contributed by atoms with Crippen LogP contribution in [0.15, 0.2) is 12.3 Å². The second-order valence-corrected chi connectivity index (χ2v) is 3.46. The van der Waals surface area contributed by atoms with E-state index in [-0.39, 0.29) is 12.7 Å². The SMILES string of the molecule is OCc1cc(OC2COC2)ncc1Cl. The predicted octanol–water partition coefficient (Wildman–Crippen LogP) is 1.00. The monoisotopic (exact) mass is 215 g/mol. The van der Waals surface area contributed by atoms with Gasteiger partial charge in [0, 0.05) is 17.8 Å². The van der Waals surface area contributed by atoms with Crippen LogP contribution < -0.4 is 4.74 Å². The Morgan fingerprint density at radius 1 is 1.64 bits per heavy atom. The summed E-state index contributed by atoms with van der Waals surface area (Å²) in [6.07, 6.45) is 1.55. The fourth-order valence-corrected chi connectivity index (χ4v) is 1.26. The number of ether oxygens (including phenoxy) is 2. The highest BCUT2D eigenvalue weighted by molar-refractivity contribution is 6.31. The van der Waals surface area contributed by atoms with Crippen LogP contribution in [0.2, 0.25) is 5.02 Å². The van der Waals surface area contributed by atoms with Gasteiger partial charge in [-0.1, -0.05) is 11.6 Å². The van der Waals surface area contributed by atoms with Gasteiger partial charge in [0.25, 0.3) is 0 Å². The van der Waals surface area contributed by atoms with E-state index in [4.69, 9.17) is 26.2 Å². The summed E-state index contributed by atoms with van der Waals surface area (Å²) in [4.78, 5) is 3.99. The molecule has 2 rings (SSSR count). The molecule has 1 saturated heterocycles. The van der Waals surface area contributed by atoms with Crippen molar-refractivity contribution < 1.29 is 14.6 Å². The Bertz CT molecular complexity index is 328. The Hall–Kier alpha value is -0.840. The van der Waals surface area contributed by atoms with Gasteiger partial charge in [0.1, 0.15) is 6.10 Å². The summed E-state index contributed by atoms with van der Waals surface area (Å²) < 4.78 is 10.4. The summed E-state index contributed by atoms with van der Waals surface area (Å²) in [6.45, 7) is 1.08. The molecule has 2 heterocycles. The number of pyridine rings is 1. The molecule has 1 aromatic rings. The van der Waals surface area contributed by atoms with Gasteiger partial charge < -0.3 is 14.6 Å². The molecular weight excluding hydrogens is 206 g/mol. The minimum absolute atomic E-state index is 0.0789. The van der Waals surface area contributed by atoms with E-state index < -0.39 is 0 Å². The van der Waals surface area contributed by atoms with Crippen LogP contribution in [-0.2, 0) is 11.3 Å². The summed E-state index contributed by atoms with van der Waals surface area (Å²) in [7, 11) is 0. The smallest absolute Gasteiger partial charge is 0.214 e. The van der Waals surface area contributed by atoms with Crippen molar-refractivity contribution in [2.24, 2.45) is 0 Å². The van der Waals surface area contributed by atoms with Crippen molar-refractivity contribution in [1.82, 2.24) is 4.98 Å². The predicted molar refractivity (Wildman–Crippen MR) is 50.4 cm³/mol. The number of halogens is 1. The van der Waals surface area contributed by atoms with E-state index in [0.29, 0.717) is 29.7 Å². The summed E-state index contributed by atoms with van der Waals surface area (Å²) in [5.74, 6) is 0.478. The lowest BCUT2D eigenvalue weighted by Crippen LogP contribution is -2.38. The molecule has 1 N–H and O–H groups in total. The van der Waals surface area contributed by atoms with Gasteiger partial charge in [0.05, 0.1) is 24.8 Å². The molecule has 0 unspecified atom stereocenters. The van der Waals surface area contributed by atoms with Gasteiger partial charge in [-0.2, -0.15) is 0 Å². The Morgan fingerprint density at radius 3 is 3.00 bits per heavy atom. The molecule has 1 fully saturated rings. The van der Waals surface area contributed by atoms with E-state index in [1.807, 2.05) is 0 Å². The van der Waals surface area contributed by atoms with Crippen molar-refractivity contribution >= 4 is 11.6 Å². The molecule has 0 aromatic carbocycles. The van der Waals surface area contributed by atoms with Crippen LogP contribution in [0.3, 0.4) is 0 Å². The van der Waals surface area contributed by atoms with E-state index in [9.17, 15) is 0 Å². The van der Waals surface area contributed by atoms with Crippen molar-refractivity contribution in [2.45, 2.75) is 12.7 Å². The van der Waals surface area contributed by atoms with Gasteiger partial charge in [0.15, 0.2) is 0 Å². The maximum Gasteiger partial charge on any atom is 0.214 e. The van der Waals surface area contributed by atoms with Gasteiger partial charge in [-0.25, -0.2) is 4.98 Å². The Kier molecular flexibility index (Phi) is 2.86. The maximum absolute atomic E-state index is 8.96. The number of rotatable bonds is 3. The molecule has 5 heteroatoms. The van der Waals surface area contributed by atoms with Crippen molar-refractivity contribution in [2.75, 3.05) is 13.2 Å². The van der Waals surface area contributed by atoms with E-state index in [0.717, 1.165) is 0 Å². The summed E-state index contributed by atoms with van der Waals surface area (Å²) in [5.41, 5.74) is 0.622. The van der Waals surface area contributed by atoms with Crippen molar-refractivity contribution in [3.05, 3.63) is 22.8 Å². The lowest BCUT2D eigenvalue weighted by Gasteiger charge is -2.26. The molecule has 1 aromatic heterocycles. The van der Waals surface area contributed by atoms with Gasteiger partial charge in [-0.15, -0.1) is 0 Å². The Labute approximate surface area is 86.4 Å². The summed E-state index contributed by atoms with van der Waals surface area (Å²) in [6, 6.07) is 1.64. The zero-order valence-corrected chi connectivity index (χ0v) is 8.20. The van der Waals surface area contributed by atoms with Crippen LogP contribution >= 0.6 is 11.6 Å². The molecule has 0 spiro atoms. The fourth-order valence-electron chi connectivity index (χ4n) is 1.10. The molecule has 1 aliphatic rings. The molecule has 0 saturated carbocycles. The second-order valence-electron chi connectivity index (χ2n) is 3.05. The zero-order chi connectivity index (χ0) is 9.97. The van der Waals surface area contributed by atoms with Crippen LogP contribution in [0.5, 0.6) is 5.88 Å². The third kappa shape index (κ3) is 1.97. The minimum atomic E-state index is -0.112. The molecule has 1 aliphatic heterocycles. The topological polar surface area (TPSA) is 51.6 Å². The van der Waals surface area contributed by atoms with Crippen LogP contribution in [0.1, 0.15) is 5.56 Å². The molecule has 0 radical (unpaired) electrons. The molecule has 0 aliphatic carbocycles. The first kappa shape index (κ1) is 9.71. The average Bonchev–Trinajstić information content (AvgIpc) is 2.14. The largest absolute Gasteiger partial charge is 0.469 e. The van der Waals surface area contributed by atoms with Gasteiger partial charge >= 0.3 is 0 Å². The lowest BCUT2D eigenvalue weighted by molar-refractivity contribution is -0.0813. The van der Waals surface area contributed by atoms with Crippen LogP contribution in [0, 0.1) is 0 Å². The van der Waals surface area contributed by atoms with Crippen LogP contribution in [0.4, 0.5) is 0 Å². The van der Waals surface area contributed by atoms with Crippen molar-refractivity contribution in [3.63, 3.8) is 0 Å². The number of aromatic nitrogens is 1. The van der Waals surface area contributed by atoms with Crippen molar-refractivity contribution in [3.8, 4) is 5.88 Å². The van der Waals surface area contributed by atoms with Gasteiger partial charge in [-0.05, 0) is 0 Å². The number of aliphatic hydroxyl groups excluding tert-OH is 1. The van der Waals surface area contributed by atoms with Gasteiger partial charge in [-0.3, -0.25) is 0 Å². The quantitative estimate of drug-likeness (QED) is 0.818. The first-order valence-corrected chi connectivity index (χ1v) is 4.67. The molecule has 0 atom stereocenters. The highest BCUT2D eigenvalue weighted by Gasteiger charge is 2.20. The highest BCUT2D eigenvalue weighted by Crippen LogP contribution is 2.20. The van der Waals surface area contributed by atoms with Crippen molar-refractivity contribution in [1.29, 1.82) is 0 Å². The average molecular weight is 216 g/mol. The van der Waals surface area contributed by atoms with E-state index in [2.05, 4.69) is 4.98 Å². The molecule has 14 heavy (non-hydrogen) atoms. The normalized spacial score (nSPS) is 16.4. The Balaban J connectivity index is 2.09. The number of nitrogens with zero attached hydrogens (tertiary/aromatic N) is 1. The molecule has 0 bridgehead atoms. The zero-order valence-electron chi connectivity index (χ0n) is 7.44. The first-order valence-electron chi connectivity index (χ1n) is 4.29. The number of hydrogen-bond donors (Lipinski definition) is 1. The molecule has 0 amide bonds. The van der Waals surface area contributed by atoms with Crippen LogP contribution in [-0.4, -0.2) is 29.4 Å². The first-order chi connectivity index (χ1) is 6.79. The lowest BCUT2D eigenvalue weighted by atomic mass is 10.3. The van der Waals surface area contributed by atoms with E-state index in [1.54, 1.807) is 6.07 Å². The highest BCUT2D eigenvalue weighted by atomic mass is 35.5. The van der Waals surface area contributed by atoms with E-state index in [1.165, 1.54) is 6.20 Å². The van der Waals surface area contributed by atoms with Gasteiger partial charge in [0.2, 0.25) is 5.88 Å². The summed E-state index contributed by atoms with van der Waals surface area (Å²) >= 11 is 5.78. The number of aliphatic hydroxyl groups is 1. The Morgan fingerprint density at radius 2 is 2.43 bits per heavy atom. The number of hydrogen-bond acceptors (Lipinski definition) is 4. The standard InChI is InChI=1S/C9H10ClNO3/c10-8-2-11-9(1-6(8)3-12)14-7-4-13-5-7/h1-2,7,12H,3-5H2. The molecule has 76 valence electrons. The summed E-state index contributed by atoms with van der Waals surface area (Å²) in [5, 5.41) is 9.40. The van der Waals surface area contributed by atoms with E-state index >= 15 is 0 Å². The molecule has 4 nitrogen and oxygen atoms in total.